The quantitative estimate of drug-likeness (QED) is 0.690. The van der Waals surface area contributed by atoms with Gasteiger partial charge in [-0.15, -0.1) is 0 Å². The van der Waals surface area contributed by atoms with Gasteiger partial charge in [0.2, 0.25) is 5.91 Å². The van der Waals surface area contributed by atoms with Gasteiger partial charge in [0.1, 0.15) is 18.4 Å². The molecule has 0 saturated carbocycles. The number of rotatable bonds is 8. The molecule has 0 spiro atoms. The first kappa shape index (κ1) is 17.0. The van der Waals surface area contributed by atoms with Crippen molar-refractivity contribution in [1.82, 2.24) is 10.6 Å². The molecule has 1 amide bonds. The van der Waals surface area contributed by atoms with Crippen molar-refractivity contribution in [2.24, 2.45) is 0 Å². The summed E-state index contributed by atoms with van der Waals surface area (Å²) in [6.45, 7) is 0.789. The summed E-state index contributed by atoms with van der Waals surface area (Å²) in [6, 6.07) is 17.0. The molecule has 0 bridgehead atoms. The first-order valence-electron chi connectivity index (χ1n) is 7.54. The van der Waals surface area contributed by atoms with Crippen molar-refractivity contribution in [2.75, 3.05) is 13.7 Å². The SMILES string of the molecule is CNC(=O)[C@H](CO)NCc1ccc(OCc2ccccc2)cc1. The van der Waals surface area contributed by atoms with E-state index in [1.807, 2.05) is 54.6 Å². The molecule has 0 unspecified atom stereocenters. The number of aliphatic hydroxyl groups excluding tert-OH is 1. The number of hydrogen-bond donors (Lipinski definition) is 3. The third-order valence-electron chi connectivity index (χ3n) is 3.47. The fourth-order valence-electron chi connectivity index (χ4n) is 2.10. The number of carbonyl (C=O) groups excluding carboxylic acids is 1. The van der Waals surface area contributed by atoms with Gasteiger partial charge < -0.3 is 15.2 Å². The second-order valence-corrected chi connectivity index (χ2v) is 5.15. The van der Waals surface area contributed by atoms with Crippen LogP contribution in [0.5, 0.6) is 5.75 Å². The summed E-state index contributed by atoms with van der Waals surface area (Å²) in [5.74, 6) is 0.568. The maximum atomic E-state index is 11.5. The van der Waals surface area contributed by atoms with Crippen molar-refractivity contribution in [1.29, 1.82) is 0 Å². The molecule has 23 heavy (non-hydrogen) atoms. The number of carbonyl (C=O) groups is 1. The standard InChI is InChI=1S/C18H22N2O3/c1-19-18(22)17(12-21)20-11-14-7-9-16(10-8-14)23-13-15-5-3-2-4-6-15/h2-10,17,20-21H,11-13H2,1H3,(H,19,22)/t17-/m0/s1. The monoisotopic (exact) mass is 314 g/mol. The highest BCUT2D eigenvalue weighted by molar-refractivity contribution is 5.81. The third kappa shape index (κ3) is 5.39. The van der Waals surface area contributed by atoms with Crippen LogP contribution in [0.25, 0.3) is 0 Å². The number of likely N-dealkylation sites (N-methyl/N-ethyl adjacent to an activating group) is 1. The fraction of sp³-hybridized carbons (Fsp3) is 0.278. The first-order chi connectivity index (χ1) is 11.2. The van der Waals surface area contributed by atoms with Gasteiger partial charge in [-0.1, -0.05) is 42.5 Å². The molecule has 3 N–H and O–H groups in total. The van der Waals surface area contributed by atoms with Gasteiger partial charge in [-0.25, -0.2) is 0 Å². The second-order valence-electron chi connectivity index (χ2n) is 5.15. The van der Waals surface area contributed by atoms with E-state index in [1.165, 1.54) is 0 Å². The summed E-state index contributed by atoms with van der Waals surface area (Å²) in [6.07, 6.45) is 0. The van der Waals surface area contributed by atoms with E-state index in [1.54, 1.807) is 7.05 Å². The molecule has 122 valence electrons. The topological polar surface area (TPSA) is 70.6 Å². The van der Waals surface area contributed by atoms with Crippen LogP contribution in [-0.4, -0.2) is 30.7 Å². The molecule has 0 aliphatic carbocycles. The van der Waals surface area contributed by atoms with E-state index in [-0.39, 0.29) is 12.5 Å². The smallest absolute Gasteiger partial charge is 0.239 e. The Morgan fingerprint density at radius 1 is 1.09 bits per heavy atom. The third-order valence-corrected chi connectivity index (χ3v) is 3.47. The predicted octanol–water partition coefficient (Wildman–Crippen LogP) is 1.46. The van der Waals surface area contributed by atoms with Gasteiger partial charge >= 0.3 is 0 Å². The van der Waals surface area contributed by atoms with E-state index in [2.05, 4.69) is 10.6 Å². The lowest BCUT2D eigenvalue weighted by Crippen LogP contribution is -2.44. The van der Waals surface area contributed by atoms with Crippen LogP contribution in [0.15, 0.2) is 54.6 Å². The van der Waals surface area contributed by atoms with Crippen LogP contribution in [0.3, 0.4) is 0 Å². The largest absolute Gasteiger partial charge is 0.489 e. The number of amides is 1. The Kier molecular flexibility index (Phi) is 6.59. The summed E-state index contributed by atoms with van der Waals surface area (Å²) < 4.78 is 5.72. The molecule has 0 fully saturated rings. The average molecular weight is 314 g/mol. The van der Waals surface area contributed by atoms with Crippen LogP contribution in [0.4, 0.5) is 0 Å². The van der Waals surface area contributed by atoms with E-state index in [4.69, 9.17) is 4.74 Å². The van der Waals surface area contributed by atoms with Crippen LogP contribution in [0.2, 0.25) is 0 Å². The van der Waals surface area contributed by atoms with Crippen LogP contribution < -0.4 is 15.4 Å². The van der Waals surface area contributed by atoms with E-state index in [0.717, 1.165) is 16.9 Å². The van der Waals surface area contributed by atoms with Gasteiger partial charge in [0, 0.05) is 13.6 Å². The van der Waals surface area contributed by atoms with Crippen molar-refractivity contribution < 1.29 is 14.6 Å². The van der Waals surface area contributed by atoms with Crippen LogP contribution in [0, 0.1) is 0 Å². The van der Waals surface area contributed by atoms with Crippen LogP contribution in [-0.2, 0) is 17.9 Å². The highest BCUT2D eigenvalue weighted by Crippen LogP contribution is 2.14. The molecule has 0 heterocycles. The molecule has 1 atom stereocenters. The van der Waals surface area contributed by atoms with Crippen molar-refractivity contribution in [3.8, 4) is 5.75 Å². The first-order valence-corrected chi connectivity index (χ1v) is 7.54. The molecule has 0 aliphatic rings. The maximum absolute atomic E-state index is 11.5. The van der Waals surface area contributed by atoms with Crippen LogP contribution >= 0.6 is 0 Å². The van der Waals surface area contributed by atoms with Crippen molar-refractivity contribution in [3.05, 3.63) is 65.7 Å². The van der Waals surface area contributed by atoms with Gasteiger partial charge in [-0.2, -0.15) is 0 Å². The van der Waals surface area contributed by atoms with Crippen molar-refractivity contribution in [2.45, 2.75) is 19.2 Å². The second kappa shape index (κ2) is 8.92. The summed E-state index contributed by atoms with van der Waals surface area (Å²) in [5.41, 5.74) is 2.13. The van der Waals surface area contributed by atoms with E-state index < -0.39 is 6.04 Å². The molecular weight excluding hydrogens is 292 g/mol. The van der Waals surface area contributed by atoms with Gasteiger partial charge in [0.05, 0.1) is 6.61 Å². The van der Waals surface area contributed by atoms with Gasteiger partial charge in [-0.3, -0.25) is 10.1 Å². The Hall–Kier alpha value is -2.37. The lowest BCUT2D eigenvalue weighted by Gasteiger charge is -2.14. The Morgan fingerprint density at radius 3 is 2.39 bits per heavy atom. The predicted molar refractivity (Wildman–Crippen MR) is 89.0 cm³/mol. The number of ether oxygens (including phenoxy) is 1. The molecule has 5 nitrogen and oxygen atoms in total. The maximum Gasteiger partial charge on any atom is 0.239 e. The lowest BCUT2D eigenvalue weighted by molar-refractivity contribution is -0.123. The Labute approximate surface area is 136 Å². The number of nitrogens with one attached hydrogen (secondary N) is 2. The van der Waals surface area contributed by atoms with E-state index in [9.17, 15) is 9.90 Å². The Balaban J connectivity index is 1.83. The molecule has 2 aromatic carbocycles. The summed E-state index contributed by atoms with van der Waals surface area (Å²) in [5, 5.41) is 14.7. The van der Waals surface area contributed by atoms with Crippen LogP contribution in [0.1, 0.15) is 11.1 Å². The highest BCUT2D eigenvalue weighted by Gasteiger charge is 2.14. The minimum Gasteiger partial charge on any atom is -0.489 e. The Morgan fingerprint density at radius 2 is 1.78 bits per heavy atom. The van der Waals surface area contributed by atoms with Gasteiger partial charge in [0.15, 0.2) is 0 Å². The minimum absolute atomic E-state index is 0.227. The number of aliphatic hydroxyl groups is 1. The van der Waals surface area contributed by atoms with E-state index in [0.29, 0.717) is 13.2 Å². The molecule has 2 rings (SSSR count). The summed E-state index contributed by atoms with van der Waals surface area (Å²) in [7, 11) is 1.55. The van der Waals surface area contributed by atoms with Crippen molar-refractivity contribution in [3.63, 3.8) is 0 Å². The van der Waals surface area contributed by atoms with Crippen molar-refractivity contribution >= 4 is 5.91 Å². The molecule has 5 heteroatoms. The zero-order valence-corrected chi connectivity index (χ0v) is 13.2. The molecule has 0 saturated heterocycles. The van der Waals surface area contributed by atoms with Gasteiger partial charge in [-0.05, 0) is 23.3 Å². The lowest BCUT2D eigenvalue weighted by atomic mass is 10.2. The molecule has 0 aliphatic heterocycles. The summed E-state index contributed by atoms with van der Waals surface area (Å²) in [4.78, 5) is 11.5. The number of benzene rings is 2. The fourth-order valence-corrected chi connectivity index (χ4v) is 2.10. The summed E-state index contributed by atoms with van der Waals surface area (Å²) >= 11 is 0. The zero-order chi connectivity index (χ0) is 16.5. The normalized spacial score (nSPS) is 11.7. The number of hydrogen-bond acceptors (Lipinski definition) is 4. The molecule has 0 aromatic heterocycles. The highest BCUT2D eigenvalue weighted by atomic mass is 16.5. The zero-order valence-electron chi connectivity index (χ0n) is 13.2. The molecule has 0 radical (unpaired) electrons. The van der Waals surface area contributed by atoms with Gasteiger partial charge in [0.25, 0.3) is 0 Å². The molecule has 2 aromatic rings. The average Bonchev–Trinajstić information content (AvgIpc) is 2.62. The Bertz CT molecular complexity index is 599. The minimum atomic E-state index is -0.603. The molecular formula is C18H22N2O3. The van der Waals surface area contributed by atoms with E-state index >= 15 is 0 Å².